The van der Waals surface area contributed by atoms with Gasteiger partial charge in [0.25, 0.3) is 0 Å². The molecule has 4 nitrogen and oxygen atoms in total. The van der Waals surface area contributed by atoms with Gasteiger partial charge >= 0.3 is 0 Å². The molecular formula is C30H31FN4. The molecule has 0 saturated carbocycles. The summed E-state index contributed by atoms with van der Waals surface area (Å²) in [6, 6.07) is 25.0. The van der Waals surface area contributed by atoms with Gasteiger partial charge in [-0.25, -0.2) is 4.39 Å². The maximum absolute atomic E-state index is 14.2. The van der Waals surface area contributed by atoms with Crippen LogP contribution in [0.2, 0.25) is 0 Å². The molecule has 6 rings (SSSR count). The minimum atomic E-state index is -0.0878. The summed E-state index contributed by atoms with van der Waals surface area (Å²) < 4.78 is 14.2. The van der Waals surface area contributed by atoms with Crippen molar-refractivity contribution in [3.05, 3.63) is 101 Å². The molecule has 178 valence electrons. The van der Waals surface area contributed by atoms with E-state index in [2.05, 4.69) is 69.3 Å². The molecule has 0 aliphatic carbocycles. The summed E-state index contributed by atoms with van der Waals surface area (Å²) in [6.07, 6.45) is 1.03. The molecule has 5 heteroatoms. The van der Waals surface area contributed by atoms with Gasteiger partial charge in [0.1, 0.15) is 5.82 Å². The monoisotopic (exact) mass is 466 g/mol. The predicted octanol–water partition coefficient (Wildman–Crippen LogP) is 5.57. The number of aromatic nitrogens is 1. The Hall–Kier alpha value is -3.44. The largest absolute Gasteiger partial charge is 0.368 e. The molecule has 35 heavy (non-hydrogen) atoms. The number of halogens is 1. The molecule has 0 atom stereocenters. The molecule has 3 aromatic carbocycles. The second-order valence-corrected chi connectivity index (χ2v) is 9.78. The second-order valence-electron chi connectivity index (χ2n) is 9.78. The van der Waals surface area contributed by atoms with Gasteiger partial charge in [-0.2, -0.15) is 0 Å². The highest BCUT2D eigenvalue weighted by molar-refractivity contribution is 5.92. The van der Waals surface area contributed by atoms with Gasteiger partial charge < -0.3 is 9.80 Å². The number of anilines is 2. The number of hydrogen-bond acceptors (Lipinski definition) is 4. The maximum atomic E-state index is 14.2. The molecule has 0 radical (unpaired) electrons. The van der Waals surface area contributed by atoms with Crippen molar-refractivity contribution in [1.82, 2.24) is 9.88 Å². The van der Waals surface area contributed by atoms with Crippen LogP contribution in [0.5, 0.6) is 0 Å². The normalized spacial score (nSPS) is 16.2. The van der Waals surface area contributed by atoms with Crippen LogP contribution in [0.4, 0.5) is 15.8 Å². The molecule has 0 spiro atoms. The lowest BCUT2D eigenvalue weighted by molar-refractivity contribution is 0.261. The molecular weight excluding hydrogens is 435 g/mol. The van der Waals surface area contributed by atoms with Crippen LogP contribution in [0.1, 0.15) is 22.4 Å². The second kappa shape index (κ2) is 9.31. The summed E-state index contributed by atoms with van der Waals surface area (Å²) in [5.74, 6) is -0.0878. The fourth-order valence-corrected chi connectivity index (χ4v) is 5.49. The van der Waals surface area contributed by atoms with Gasteiger partial charge in [-0.3, -0.25) is 9.88 Å². The highest BCUT2D eigenvalue weighted by Crippen LogP contribution is 2.31. The fourth-order valence-electron chi connectivity index (χ4n) is 5.49. The van der Waals surface area contributed by atoms with Gasteiger partial charge in [-0.05, 0) is 66.9 Å². The zero-order valence-electron chi connectivity index (χ0n) is 20.3. The number of benzene rings is 3. The van der Waals surface area contributed by atoms with Crippen molar-refractivity contribution < 1.29 is 4.39 Å². The van der Waals surface area contributed by atoms with Crippen LogP contribution in [0.15, 0.2) is 72.8 Å². The van der Waals surface area contributed by atoms with E-state index in [1.165, 1.54) is 22.3 Å². The Bertz CT molecular complexity index is 1360. The Labute approximate surface area is 206 Å². The number of nitrogens with zero attached hydrogens (tertiary/aromatic N) is 4. The Kier molecular flexibility index (Phi) is 5.86. The summed E-state index contributed by atoms with van der Waals surface area (Å²) in [5, 5.41) is 1.24. The number of hydrogen-bond donors (Lipinski definition) is 0. The first kappa shape index (κ1) is 22.1. The Balaban J connectivity index is 1.06. The number of piperazine rings is 1. The van der Waals surface area contributed by atoms with Gasteiger partial charge in [0.15, 0.2) is 0 Å². The first-order valence-corrected chi connectivity index (χ1v) is 12.6. The van der Waals surface area contributed by atoms with Crippen LogP contribution in [0, 0.1) is 12.7 Å². The van der Waals surface area contributed by atoms with Gasteiger partial charge in [0.05, 0.1) is 5.52 Å². The number of pyridine rings is 1. The van der Waals surface area contributed by atoms with E-state index in [-0.39, 0.29) is 5.82 Å². The van der Waals surface area contributed by atoms with E-state index < -0.39 is 0 Å². The minimum Gasteiger partial charge on any atom is -0.368 e. The maximum Gasteiger partial charge on any atom is 0.128 e. The highest BCUT2D eigenvalue weighted by Gasteiger charge is 2.22. The third-order valence-electron chi connectivity index (χ3n) is 7.48. The zero-order chi connectivity index (χ0) is 23.8. The number of fused-ring (bicyclic) bond motifs is 2. The van der Waals surface area contributed by atoms with Crippen LogP contribution in [0.25, 0.3) is 10.9 Å². The first-order valence-electron chi connectivity index (χ1n) is 12.6. The van der Waals surface area contributed by atoms with Crippen molar-refractivity contribution in [2.24, 2.45) is 0 Å². The van der Waals surface area contributed by atoms with Crippen molar-refractivity contribution in [1.29, 1.82) is 0 Å². The SMILES string of the molecule is Cc1ccc2c(N3CCN(CCc4cccc(N5Cc6cccc(F)c6C5)c4)CC3)cccc2n1. The Morgan fingerprint density at radius 3 is 2.51 bits per heavy atom. The van der Waals surface area contributed by atoms with E-state index >= 15 is 0 Å². The zero-order valence-corrected chi connectivity index (χ0v) is 20.3. The van der Waals surface area contributed by atoms with E-state index in [9.17, 15) is 4.39 Å². The molecule has 0 bridgehead atoms. The van der Waals surface area contributed by atoms with Crippen LogP contribution >= 0.6 is 0 Å². The summed E-state index contributed by atoms with van der Waals surface area (Å²) in [5.41, 5.74) is 7.90. The molecule has 4 aromatic rings. The van der Waals surface area contributed by atoms with Gasteiger partial charge in [-0.15, -0.1) is 0 Å². The summed E-state index contributed by atoms with van der Waals surface area (Å²) >= 11 is 0. The van der Waals surface area contributed by atoms with Crippen molar-refractivity contribution >= 4 is 22.3 Å². The van der Waals surface area contributed by atoms with Crippen LogP contribution in [-0.4, -0.2) is 42.6 Å². The smallest absolute Gasteiger partial charge is 0.128 e. The molecule has 0 amide bonds. The molecule has 1 fully saturated rings. The van der Waals surface area contributed by atoms with Gasteiger partial charge in [0.2, 0.25) is 0 Å². The fraction of sp³-hybridized carbons (Fsp3) is 0.300. The van der Waals surface area contributed by atoms with E-state index in [0.29, 0.717) is 6.54 Å². The van der Waals surface area contributed by atoms with E-state index in [0.717, 1.165) is 68.0 Å². The lowest BCUT2D eigenvalue weighted by Gasteiger charge is -2.36. The van der Waals surface area contributed by atoms with Crippen LogP contribution in [-0.2, 0) is 19.5 Å². The van der Waals surface area contributed by atoms with Crippen molar-refractivity contribution in [3.63, 3.8) is 0 Å². The average molecular weight is 467 g/mol. The highest BCUT2D eigenvalue weighted by atomic mass is 19.1. The molecule has 3 heterocycles. The van der Waals surface area contributed by atoms with Gasteiger partial charge in [-0.1, -0.05) is 30.3 Å². The van der Waals surface area contributed by atoms with Crippen molar-refractivity contribution in [2.45, 2.75) is 26.4 Å². The third kappa shape index (κ3) is 4.48. The Morgan fingerprint density at radius 2 is 1.66 bits per heavy atom. The summed E-state index contributed by atoms with van der Waals surface area (Å²) in [6.45, 7) is 8.73. The molecule has 1 aromatic heterocycles. The quantitative estimate of drug-likeness (QED) is 0.384. The van der Waals surface area contributed by atoms with Crippen LogP contribution < -0.4 is 9.80 Å². The van der Waals surface area contributed by atoms with Crippen molar-refractivity contribution in [2.75, 3.05) is 42.5 Å². The lowest BCUT2D eigenvalue weighted by Crippen LogP contribution is -2.47. The van der Waals surface area contributed by atoms with E-state index in [1.54, 1.807) is 6.07 Å². The van der Waals surface area contributed by atoms with E-state index in [1.807, 2.05) is 19.1 Å². The predicted molar refractivity (Wildman–Crippen MR) is 142 cm³/mol. The Morgan fingerprint density at radius 1 is 0.829 bits per heavy atom. The standard InChI is InChI=1S/C30H31FN4/c1-22-11-12-26-29(32-22)9-4-10-30(26)34-17-15-33(16-18-34)14-13-23-5-2-7-25(19-23)35-20-24-6-3-8-28(31)27(24)21-35/h2-12,19H,13-18,20-21H2,1H3. The van der Waals surface area contributed by atoms with Crippen molar-refractivity contribution in [3.8, 4) is 0 Å². The lowest BCUT2D eigenvalue weighted by atomic mass is 10.1. The summed E-state index contributed by atoms with van der Waals surface area (Å²) in [4.78, 5) is 12.0. The molecule has 1 saturated heterocycles. The molecule has 0 unspecified atom stereocenters. The topological polar surface area (TPSA) is 22.6 Å². The van der Waals surface area contributed by atoms with Crippen LogP contribution in [0.3, 0.4) is 0 Å². The third-order valence-corrected chi connectivity index (χ3v) is 7.48. The number of aryl methyl sites for hydroxylation is 1. The summed E-state index contributed by atoms with van der Waals surface area (Å²) in [7, 11) is 0. The number of rotatable bonds is 5. The molecule has 2 aliphatic heterocycles. The average Bonchev–Trinajstić information content (AvgIpc) is 3.33. The first-order chi connectivity index (χ1) is 17.1. The van der Waals surface area contributed by atoms with Gasteiger partial charge in [0, 0.05) is 73.8 Å². The van der Waals surface area contributed by atoms with E-state index in [4.69, 9.17) is 4.98 Å². The molecule has 2 aliphatic rings. The molecule has 0 N–H and O–H groups in total. The minimum absolute atomic E-state index is 0.0878.